The van der Waals surface area contributed by atoms with Gasteiger partial charge in [0.1, 0.15) is 5.78 Å². The molecule has 0 N–H and O–H groups in total. The van der Waals surface area contributed by atoms with Crippen molar-refractivity contribution in [2.45, 2.75) is 78.8 Å². The van der Waals surface area contributed by atoms with E-state index in [1.165, 1.54) is 39.0 Å². The highest BCUT2D eigenvalue weighted by molar-refractivity contribution is 5.86. The van der Waals surface area contributed by atoms with E-state index in [9.17, 15) is 4.79 Å². The van der Waals surface area contributed by atoms with Gasteiger partial charge in [-0.3, -0.25) is 14.6 Å². The van der Waals surface area contributed by atoms with E-state index in [2.05, 4.69) is 51.3 Å². The molecular formula is C19H36N2O. The lowest BCUT2D eigenvalue weighted by Gasteiger charge is -2.46. The average molecular weight is 309 g/mol. The first-order chi connectivity index (χ1) is 10.1. The van der Waals surface area contributed by atoms with Crippen LogP contribution in [0, 0.1) is 11.3 Å². The van der Waals surface area contributed by atoms with Gasteiger partial charge in [-0.05, 0) is 46.5 Å². The summed E-state index contributed by atoms with van der Waals surface area (Å²) >= 11 is 0. The van der Waals surface area contributed by atoms with Gasteiger partial charge in [0.25, 0.3) is 0 Å². The Hall–Kier alpha value is -0.410. The Labute approximate surface area is 137 Å². The summed E-state index contributed by atoms with van der Waals surface area (Å²) in [5.74, 6) is 0.788. The van der Waals surface area contributed by atoms with Gasteiger partial charge >= 0.3 is 0 Å². The van der Waals surface area contributed by atoms with Crippen LogP contribution in [0.25, 0.3) is 0 Å². The second-order valence-electron chi connectivity index (χ2n) is 9.31. The molecule has 2 fully saturated rings. The van der Waals surface area contributed by atoms with E-state index in [0.29, 0.717) is 23.3 Å². The molecule has 1 heterocycles. The first kappa shape index (κ1) is 17.9. The molecule has 0 radical (unpaired) electrons. The fraction of sp³-hybridized carbons (Fsp3) is 0.947. The van der Waals surface area contributed by atoms with E-state index in [4.69, 9.17) is 0 Å². The van der Waals surface area contributed by atoms with Crippen LogP contribution in [-0.2, 0) is 4.79 Å². The molecule has 22 heavy (non-hydrogen) atoms. The molecule has 1 aliphatic carbocycles. The molecule has 2 rings (SSSR count). The van der Waals surface area contributed by atoms with E-state index >= 15 is 0 Å². The van der Waals surface area contributed by atoms with Gasteiger partial charge in [-0.1, -0.05) is 20.8 Å². The van der Waals surface area contributed by atoms with Crippen LogP contribution in [0.5, 0.6) is 0 Å². The van der Waals surface area contributed by atoms with E-state index in [-0.39, 0.29) is 5.41 Å². The highest BCUT2D eigenvalue weighted by Crippen LogP contribution is 2.33. The Morgan fingerprint density at radius 3 is 1.73 bits per heavy atom. The largest absolute Gasteiger partial charge is 0.299 e. The first-order valence-corrected chi connectivity index (χ1v) is 9.12. The zero-order valence-corrected chi connectivity index (χ0v) is 15.6. The minimum Gasteiger partial charge on any atom is -0.299 e. The molecule has 0 bridgehead atoms. The van der Waals surface area contributed by atoms with Crippen molar-refractivity contribution in [3.05, 3.63) is 0 Å². The number of carbonyl (C=O) groups excluding carboxylic acids is 1. The lowest BCUT2D eigenvalue weighted by molar-refractivity contribution is -0.131. The molecular weight excluding hydrogens is 272 g/mol. The number of piperazine rings is 1. The predicted octanol–water partition coefficient (Wildman–Crippen LogP) is 3.58. The van der Waals surface area contributed by atoms with Crippen LogP contribution in [0.3, 0.4) is 0 Å². The third-order valence-electron chi connectivity index (χ3n) is 5.59. The van der Waals surface area contributed by atoms with Crippen LogP contribution in [0.2, 0.25) is 0 Å². The molecule has 0 aromatic rings. The molecule has 0 unspecified atom stereocenters. The van der Waals surface area contributed by atoms with Crippen molar-refractivity contribution in [1.82, 2.24) is 9.80 Å². The molecule has 1 aliphatic heterocycles. The van der Waals surface area contributed by atoms with Crippen LogP contribution in [0.1, 0.15) is 67.2 Å². The van der Waals surface area contributed by atoms with Crippen LogP contribution in [0.15, 0.2) is 0 Å². The van der Waals surface area contributed by atoms with Gasteiger partial charge < -0.3 is 0 Å². The van der Waals surface area contributed by atoms with Crippen molar-refractivity contribution >= 4 is 5.78 Å². The Bertz CT molecular complexity index is 375. The molecule has 0 amide bonds. The SMILES string of the molecule is CC(C)(C)C(=O)C1CCC(N2CCN(C(C)(C)C)CC2)CC1. The third-order valence-corrected chi connectivity index (χ3v) is 5.59. The number of hydrogen-bond donors (Lipinski definition) is 0. The van der Waals surface area contributed by atoms with Crippen molar-refractivity contribution < 1.29 is 4.79 Å². The van der Waals surface area contributed by atoms with Gasteiger partial charge in [0.2, 0.25) is 0 Å². The van der Waals surface area contributed by atoms with Gasteiger partial charge in [-0.2, -0.15) is 0 Å². The normalized spacial score (nSPS) is 29.5. The fourth-order valence-corrected chi connectivity index (χ4v) is 4.07. The zero-order chi connectivity index (χ0) is 16.5. The minimum absolute atomic E-state index is 0.171. The van der Waals surface area contributed by atoms with Gasteiger partial charge in [0.15, 0.2) is 0 Å². The molecule has 128 valence electrons. The Kier molecular flexibility index (Phi) is 5.38. The second-order valence-corrected chi connectivity index (χ2v) is 9.31. The van der Waals surface area contributed by atoms with Crippen molar-refractivity contribution in [3.8, 4) is 0 Å². The summed E-state index contributed by atoms with van der Waals surface area (Å²) in [4.78, 5) is 17.7. The molecule has 0 atom stereocenters. The molecule has 2 aliphatic rings. The third kappa shape index (κ3) is 4.32. The Morgan fingerprint density at radius 2 is 1.32 bits per heavy atom. The summed E-state index contributed by atoms with van der Waals surface area (Å²) in [6.07, 6.45) is 4.62. The first-order valence-electron chi connectivity index (χ1n) is 9.12. The van der Waals surface area contributed by atoms with Gasteiger partial charge in [-0.15, -0.1) is 0 Å². The number of carbonyl (C=O) groups is 1. The number of nitrogens with zero attached hydrogens (tertiary/aromatic N) is 2. The van der Waals surface area contributed by atoms with E-state index in [0.717, 1.165) is 12.8 Å². The van der Waals surface area contributed by atoms with Gasteiger partial charge in [0, 0.05) is 49.1 Å². The second kappa shape index (κ2) is 6.60. The maximum absolute atomic E-state index is 12.4. The topological polar surface area (TPSA) is 23.6 Å². The average Bonchev–Trinajstić information content (AvgIpc) is 2.45. The molecule has 0 spiro atoms. The molecule has 0 aromatic carbocycles. The highest BCUT2D eigenvalue weighted by atomic mass is 16.1. The smallest absolute Gasteiger partial charge is 0.141 e. The maximum atomic E-state index is 12.4. The highest BCUT2D eigenvalue weighted by Gasteiger charge is 2.35. The number of rotatable bonds is 2. The Balaban J connectivity index is 1.80. The molecule has 0 aromatic heterocycles. The van der Waals surface area contributed by atoms with Crippen molar-refractivity contribution in [3.63, 3.8) is 0 Å². The minimum atomic E-state index is -0.171. The summed E-state index contributed by atoms with van der Waals surface area (Å²) < 4.78 is 0. The van der Waals surface area contributed by atoms with Crippen molar-refractivity contribution in [2.24, 2.45) is 11.3 Å². The van der Waals surface area contributed by atoms with Crippen LogP contribution < -0.4 is 0 Å². The van der Waals surface area contributed by atoms with Crippen molar-refractivity contribution in [1.29, 1.82) is 0 Å². The quantitative estimate of drug-likeness (QED) is 0.779. The summed E-state index contributed by atoms with van der Waals surface area (Å²) in [5.41, 5.74) is 0.124. The lowest BCUT2D eigenvalue weighted by Crippen LogP contribution is -2.56. The fourth-order valence-electron chi connectivity index (χ4n) is 4.07. The summed E-state index contributed by atoms with van der Waals surface area (Å²) in [6, 6.07) is 0.714. The molecule has 1 saturated carbocycles. The zero-order valence-electron chi connectivity index (χ0n) is 15.6. The molecule has 1 saturated heterocycles. The molecule has 3 nitrogen and oxygen atoms in total. The van der Waals surface area contributed by atoms with Crippen LogP contribution >= 0.6 is 0 Å². The van der Waals surface area contributed by atoms with Crippen LogP contribution in [-0.4, -0.2) is 53.3 Å². The van der Waals surface area contributed by atoms with Gasteiger partial charge in [-0.25, -0.2) is 0 Å². The monoisotopic (exact) mass is 308 g/mol. The predicted molar refractivity (Wildman–Crippen MR) is 93.1 cm³/mol. The summed E-state index contributed by atoms with van der Waals surface area (Å²) in [5, 5.41) is 0. The number of Topliss-reactive ketones (excluding diaryl/α,β-unsaturated/α-hetero) is 1. The maximum Gasteiger partial charge on any atom is 0.141 e. The summed E-state index contributed by atoms with van der Waals surface area (Å²) in [6.45, 7) is 17.9. The number of hydrogen-bond acceptors (Lipinski definition) is 3. The standard InChI is InChI=1S/C19H36N2O/c1-18(2,3)17(22)15-7-9-16(10-8-15)20-11-13-21(14-12-20)19(4,5)6/h15-16H,7-14H2,1-6H3. The Morgan fingerprint density at radius 1 is 0.818 bits per heavy atom. The molecule has 3 heteroatoms. The van der Waals surface area contributed by atoms with Crippen molar-refractivity contribution in [2.75, 3.05) is 26.2 Å². The van der Waals surface area contributed by atoms with Crippen LogP contribution in [0.4, 0.5) is 0 Å². The van der Waals surface area contributed by atoms with E-state index in [1.54, 1.807) is 0 Å². The lowest BCUT2D eigenvalue weighted by atomic mass is 9.75. The van der Waals surface area contributed by atoms with E-state index in [1.807, 2.05) is 0 Å². The van der Waals surface area contributed by atoms with Gasteiger partial charge in [0.05, 0.1) is 0 Å². The summed E-state index contributed by atoms with van der Waals surface area (Å²) in [7, 11) is 0. The number of ketones is 1. The van der Waals surface area contributed by atoms with E-state index < -0.39 is 0 Å².